The maximum atomic E-state index is 5.92. The summed E-state index contributed by atoms with van der Waals surface area (Å²) in [7, 11) is 1.52. The summed E-state index contributed by atoms with van der Waals surface area (Å²) in [6.45, 7) is 2.02. The largest absolute Gasteiger partial charge is 0.467 e. The van der Waals surface area contributed by atoms with Crippen LogP contribution in [-0.2, 0) is 6.42 Å². The van der Waals surface area contributed by atoms with E-state index >= 15 is 0 Å². The Morgan fingerprint density at radius 1 is 1.64 bits per heavy atom. The number of ether oxygens (including phenoxy) is 1. The number of nitrogens with zero attached hydrogens (tertiary/aromatic N) is 2. The van der Waals surface area contributed by atoms with E-state index in [0.717, 1.165) is 12.1 Å². The highest BCUT2D eigenvalue weighted by molar-refractivity contribution is 6.31. The van der Waals surface area contributed by atoms with Crippen molar-refractivity contribution >= 4 is 11.6 Å². The average molecular weight is 216 g/mol. The van der Waals surface area contributed by atoms with Gasteiger partial charge in [0.25, 0.3) is 0 Å². The van der Waals surface area contributed by atoms with Crippen LogP contribution in [0.5, 0.6) is 6.01 Å². The van der Waals surface area contributed by atoms with Crippen molar-refractivity contribution in [3.05, 3.63) is 16.9 Å². The van der Waals surface area contributed by atoms with E-state index < -0.39 is 0 Å². The van der Waals surface area contributed by atoms with Crippen LogP contribution >= 0.6 is 11.6 Å². The summed E-state index contributed by atoms with van der Waals surface area (Å²) in [5.41, 5.74) is 6.55. The van der Waals surface area contributed by atoms with Gasteiger partial charge in [0.1, 0.15) is 0 Å². The average Bonchev–Trinajstić information content (AvgIpc) is 2.21. The molecule has 0 aliphatic heterocycles. The van der Waals surface area contributed by atoms with E-state index in [9.17, 15) is 0 Å². The number of hydrogen-bond donors (Lipinski definition) is 1. The second-order valence-electron chi connectivity index (χ2n) is 3.02. The van der Waals surface area contributed by atoms with Crippen molar-refractivity contribution in [2.24, 2.45) is 5.73 Å². The number of nitrogens with two attached hydrogens (primary N) is 1. The van der Waals surface area contributed by atoms with Crippen LogP contribution in [0, 0.1) is 0 Å². The van der Waals surface area contributed by atoms with Crippen molar-refractivity contribution in [3.8, 4) is 6.01 Å². The lowest BCUT2D eigenvalue weighted by atomic mass is 10.1. The van der Waals surface area contributed by atoms with Crippen molar-refractivity contribution in [1.29, 1.82) is 0 Å². The Labute approximate surface area is 88.5 Å². The number of rotatable bonds is 4. The van der Waals surface area contributed by atoms with Crippen LogP contribution in [-0.4, -0.2) is 23.1 Å². The Bertz CT molecular complexity index is 306. The molecule has 0 saturated carbocycles. The predicted octanol–water partition coefficient (Wildman–Crippen LogP) is 1.42. The predicted molar refractivity (Wildman–Crippen MR) is 55.6 cm³/mol. The molecule has 1 aromatic heterocycles. The van der Waals surface area contributed by atoms with Gasteiger partial charge in [0.05, 0.1) is 24.0 Å². The highest BCUT2D eigenvalue weighted by Crippen LogP contribution is 2.16. The quantitative estimate of drug-likeness (QED) is 0.825. The van der Waals surface area contributed by atoms with Crippen LogP contribution < -0.4 is 10.5 Å². The smallest absolute Gasteiger partial charge is 0.316 e. The third-order valence-corrected chi connectivity index (χ3v) is 2.27. The Kier molecular flexibility index (Phi) is 4.10. The molecule has 1 aromatic rings. The van der Waals surface area contributed by atoms with Crippen LogP contribution in [0.4, 0.5) is 0 Å². The monoisotopic (exact) mass is 215 g/mol. The lowest BCUT2D eigenvalue weighted by Gasteiger charge is -2.09. The Hall–Kier alpha value is -0.870. The first kappa shape index (κ1) is 11.2. The minimum absolute atomic E-state index is 0.0760. The van der Waals surface area contributed by atoms with Crippen LogP contribution in [0.15, 0.2) is 6.20 Å². The summed E-state index contributed by atoms with van der Waals surface area (Å²) in [5.74, 6) is 0. The number of aromatic nitrogens is 2. The van der Waals surface area contributed by atoms with E-state index in [0.29, 0.717) is 17.5 Å². The van der Waals surface area contributed by atoms with E-state index in [1.165, 1.54) is 13.3 Å². The van der Waals surface area contributed by atoms with Gasteiger partial charge in [-0.1, -0.05) is 18.5 Å². The number of halogens is 1. The molecule has 0 saturated heterocycles. The molecule has 4 nitrogen and oxygen atoms in total. The van der Waals surface area contributed by atoms with Gasteiger partial charge >= 0.3 is 6.01 Å². The summed E-state index contributed by atoms with van der Waals surface area (Å²) in [6.07, 6.45) is 3.07. The Morgan fingerprint density at radius 3 is 2.93 bits per heavy atom. The first-order valence-electron chi connectivity index (χ1n) is 4.48. The first-order chi connectivity index (χ1) is 6.67. The Morgan fingerprint density at radius 2 is 2.36 bits per heavy atom. The summed E-state index contributed by atoms with van der Waals surface area (Å²) in [6, 6.07) is 0.403. The molecule has 1 rings (SSSR count). The molecule has 1 heterocycles. The van der Waals surface area contributed by atoms with Crippen molar-refractivity contribution in [2.75, 3.05) is 7.11 Å². The zero-order valence-corrected chi connectivity index (χ0v) is 9.08. The molecular formula is C9H14ClN3O. The summed E-state index contributed by atoms with van der Waals surface area (Å²) >= 11 is 5.92. The van der Waals surface area contributed by atoms with Gasteiger partial charge in [-0.25, -0.2) is 4.98 Å². The van der Waals surface area contributed by atoms with Gasteiger partial charge in [-0.2, -0.15) is 4.98 Å². The lowest BCUT2D eigenvalue weighted by Crippen LogP contribution is -2.22. The molecule has 0 aromatic carbocycles. The van der Waals surface area contributed by atoms with Crippen molar-refractivity contribution < 1.29 is 4.74 Å². The number of methoxy groups -OCH3 is 1. The molecule has 0 aliphatic rings. The highest BCUT2D eigenvalue weighted by Gasteiger charge is 2.09. The van der Waals surface area contributed by atoms with Gasteiger partial charge in [0.2, 0.25) is 0 Å². The van der Waals surface area contributed by atoms with Gasteiger partial charge in [-0.15, -0.1) is 0 Å². The maximum absolute atomic E-state index is 5.92. The molecule has 5 heteroatoms. The van der Waals surface area contributed by atoms with Gasteiger partial charge in [-0.3, -0.25) is 0 Å². The topological polar surface area (TPSA) is 61.0 Å². The van der Waals surface area contributed by atoms with Gasteiger partial charge in [-0.05, 0) is 6.42 Å². The van der Waals surface area contributed by atoms with E-state index in [2.05, 4.69) is 9.97 Å². The molecule has 0 fully saturated rings. The molecule has 0 aliphatic carbocycles. The normalized spacial score (nSPS) is 12.6. The van der Waals surface area contributed by atoms with Crippen LogP contribution in [0.25, 0.3) is 0 Å². The molecule has 78 valence electrons. The van der Waals surface area contributed by atoms with Crippen molar-refractivity contribution in [1.82, 2.24) is 9.97 Å². The van der Waals surface area contributed by atoms with E-state index in [-0.39, 0.29) is 6.04 Å². The SMILES string of the molecule is CCC(N)Cc1nc(OC)ncc1Cl. The highest BCUT2D eigenvalue weighted by atomic mass is 35.5. The molecule has 0 spiro atoms. The van der Waals surface area contributed by atoms with E-state index in [1.807, 2.05) is 6.92 Å². The van der Waals surface area contributed by atoms with Crippen LogP contribution in [0.1, 0.15) is 19.0 Å². The van der Waals surface area contributed by atoms with E-state index in [4.69, 9.17) is 22.1 Å². The van der Waals surface area contributed by atoms with Crippen LogP contribution in [0.3, 0.4) is 0 Å². The molecular weight excluding hydrogens is 202 g/mol. The zero-order chi connectivity index (χ0) is 10.6. The fourth-order valence-electron chi connectivity index (χ4n) is 1.02. The molecule has 14 heavy (non-hydrogen) atoms. The minimum atomic E-state index is 0.0760. The van der Waals surface area contributed by atoms with Gasteiger partial charge in [0, 0.05) is 12.5 Å². The fraction of sp³-hybridized carbons (Fsp3) is 0.556. The molecule has 1 atom stereocenters. The molecule has 0 amide bonds. The maximum Gasteiger partial charge on any atom is 0.316 e. The third kappa shape index (κ3) is 2.82. The first-order valence-corrected chi connectivity index (χ1v) is 4.86. The standard InChI is InChI=1S/C9H14ClN3O/c1-3-6(11)4-8-7(10)5-12-9(13-8)14-2/h5-6H,3-4,11H2,1-2H3. The van der Waals surface area contributed by atoms with Gasteiger partial charge < -0.3 is 10.5 Å². The summed E-state index contributed by atoms with van der Waals surface area (Å²) in [4.78, 5) is 8.02. The van der Waals surface area contributed by atoms with E-state index in [1.54, 1.807) is 0 Å². The molecule has 2 N–H and O–H groups in total. The minimum Gasteiger partial charge on any atom is -0.467 e. The number of hydrogen-bond acceptors (Lipinski definition) is 4. The Balaban J connectivity index is 2.83. The molecule has 0 radical (unpaired) electrons. The van der Waals surface area contributed by atoms with Gasteiger partial charge in [0.15, 0.2) is 0 Å². The second kappa shape index (κ2) is 5.12. The fourth-order valence-corrected chi connectivity index (χ4v) is 1.19. The third-order valence-electron chi connectivity index (χ3n) is 1.96. The van der Waals surface area contributed by atoms with Crippen LogP contribution in [0.2, 0.25) is 5.02 Å². The zero-order valence-electron chi connectivity index (χ0n) is 8.33. The molecule has 0 bridgehead atoms. The van der Waals surface area contributed by atoms with Crippen molar-refractivity contribution in [2.45, 2.75) is 25.8 Å². The lowest BCUT2D eigenvalue weighted by molar-refractivity contribution is 0.377. The van der Waals surface area contributed by atoms with Crippen molar-refractivity contribution in [3.63, 3.8) is 0 Å². The summed E-state index contributed by atoms with van der Waals surface area (Å²) < 4.78 is 4.90. The second-order valence-corrected chi connectivity index (χ2v) is 3.43. The molecule has 1 unspecified atom stereocenters. The summed E-state index contributed by atoms with van der Waals surface area (Å²) in [5, 5.41) is 0.537.